The number of benzene rings is 1. The van der Waals surface area contributed by atoms with Gasteiger partial charge in [-0.2, -0.15) is 0 Å². The van der Waals surface area contributed by atoms with Crippen LogP contribution in [0, 0.1) is 18.8 Å². The number of rotatable bonds is 10. The Labute approximate surface area is 195 Å². The van der Waals surface area contributed by atoms with E-state index in [0.29, 0.717) is 30.4 Å². The zero-order valence-electron chi connectivity index (χ0n) is 20.1. The maximum Gasteiger partial charge on any atom is 0.291 e. The van der Waals surface area contributed by atoms with E-state index in [0.717, 1.165) is 24.1 Å². The van der Waals surface area contributed by atoms with Gasteiger partial charge in [0, 0.05) is 30.9 Å². The number of carbonyl (C=O) groups is 3. The van der Waals surface area contributed by atoms with E-state index in [4.69, 9.17) is 4.74 Å². The minimum Gasteiger partial charge on any atom is -0.493 e. The molecular weight excluding hydrogens is 418 g/mol. The van der Waals surface area contributed by atoms with Gasteiger partial charge in [0.15, 0.2) is 5.78 Å². The zero-order valence-corrected chi connectivity index (χ0v) is 20.1. The molecule has 0 saturated carbocycles. The van der Waals surface area contributed by atoms with Gasteiger partial charge in [-0.1, -0.05) is 13.8 Å². The molecule has 0 bridgehead atoms. The van der Waals surface area contributed by atoms with Crippen molar-refractivity contribution in [2.45, 2.75) is 33.2 Å². The average molecular weight is 453 g/mol. The number of ether oxygens (including phenoxy) is 1. The van der Waals surface area contributed by atoms with Crippen molar-refractivity contribution in [3.63, 3.8) is 0 Å². The summed E-state index contributed by atoms with van der Waals surface area (Å²) in [5, 5.41) is 0. The quantitative estimate of drug-likeness (QED) is 0.338. The highest BCUT2D eigenvalue weighted by molar-refractivity contribution is 6.44. The molecule has 2 aromatic rings. The third kappa shape index (κ3) is 5.66. The SMILES string of the molecule is Cc1cc(C(=O)C2C(=O)C(=O)N(CCC[NH+](C)C)C2c2ccncc2)ccc1OCC(C)C. The molecular formula is C26H34N3O4+. The molecule has 33 heavy (non-hydrogen) atoms. The number of amides is 1. The van der Waals surface area contributed by atoms with Crippen LogP contribution in [0.5, 0.6) is 5.75 Å². The number of carbonyl (C=O) groups excluding carboxylic acids is 3. The van der Waals surface area contributed by atoms with Gasteiger partial charge in [-0.3, -0.25) is 19.4 Å². The molecule has 7 nitrogen and oxygen atoms in total. The summed E-state index contributed by atoms with van der Waals surface area (Å²) in [4.78, 5) is 46.5. The van der Waals surface area contributed by atoms with Crippen molar-refractivity contribution in [3.05, 3.63) is 59.4 Å². The highest BCUT2D eigenvalue weighted by Gasteiger charge is 2.51. The normalized spacial score (nSPS) is 18.5. The van der Waals surface area contributed by atoms with Gasteiger partial charge in [0.2, 0.25) is 5.78 Å². The van der Waals surface area contributed by atoms with Gasteiger partial charge < -0.3 is 14.5 Å². The lowest BCUT2D eigenvalue weighted by Gasteiger charge is -2.27. The third-order valence-corrected chi connectivity index (χ3v) is 5.84. The number of quaternary nitrogens is 1. The molecule has 2 heterocycles. The first-order chi connectivity index (χ1) is 15.7. The summed E-state index contributed by atoms with van der Waals surface area (Å²) >= 11 is 0. The molecule has 1 saturated heterocycles. The lowest BCUT2D eigenvalue weighted by molar-refractivity contribution is -0.858. The predicted octanol–water partition coefficient (Wildman–Crippen LogP) is 1.91. The van der Waals surface area contributed by atoms with Crippen LogP contribution in [0.25, 0.3) is 0 Å². The van der Waals surface area contributed by atoms with Crippen molar-refractivity contribution in [3.8, 4) is 5.75 Å². The van der Waals surface area contributed by atoms with Gasteiger partial charge in [0.05, 0.1) is 33.3 Å². The second-order valence-electron chi connectivity index (χ2n) is 9.43. The van der Waals surface area contributed by atoms with E-state index in [1.807, 2.05) is 21.0 Å². The van der Waals surface area contributed by atoms with E-state index in [2.05, 4.69) is 18.8 Å². The average Bonchev–Trinajstić information content (AvgIpc) is 3.03. The molecule has 1 fully saturated rings. The van der Waals surface area contributed by atoms with E-state index >= 15 is 0 Å². The minimum absolute atomic E-state index is 0.339. The Morgan fingerprint density at radius 2 is 1.85 bits per heavy atom. The number of aryl methyl sites for hydroxylation is 1. The van der Waals surface area contributed by atoms with Gasteiger partial charge in [0.1, 0.15) is 11.7 Å². The van der Waals surface area contributed by atoms with Gasteiger partial charge >= 0.3 is 0 Å². The number of hydrogen-bond donors (Lipinski definition) is 1. The second-order valence-corrected chi connectivity index (χ2v) is 9.43. The van der Waals surface area contributed by atoms with Crippen LogP contribution < -0.4 is 9.64 Å². The van der Waals surface area contributed by atoms with Crippen molar-refractivity contribution in [2.75, 3.05) is 33.8 Å². The van der Waals surface area contributed by atoms with Gasteiger partial charge in [-0.25, -0.2) is 0 Å². The summed E-state index contributed by atoms with van der Waals surface area (Å²) in [6, 6.07) is 8.12. The number of pyridine rings is 1. The van der Waals surface area contributed by atoms with Crippen molar-refractivity contribution < 1.29 is 24.0 Å². The molecule has 1 amide bonds. The van der Waals surface area contributed by atoms with Crippen molar-refractivity contribution in [1.29, 1.82) is 0 Å². The molecule has 176 valence electrons. The Morgan fingerprint density at radius 1 is 1.15 bits per heavy atom. The van der Waals surface area contributed by atoms with Crippen LogP contribution in [0.4, 0.5) is 0 Å². The van der Waals surface area contributed by atoms with Crippen LogP contribution >= 0.6 is 0 Å². The lowest BCUT2D eigenvalue weighted by Crippen LogP contribution is -3.05. The van der Waals surface area contributed by atoms with Gasteiger partial charge in [-0.15, -0.1) is 0 Å². The first-order valence-electron chi connectivity index (χ1n) is 11.5. The van der Waals surface area contributed by atoms with Crippen molar-refractivity contribution in [1.82, 2.24) is 9.88 Å². The number of nitrogens with zero attached hydrogens (tertiary/aromatic N) is 2. The molecule has 1 aliphatic heterocycles. The molecule has 0 aliphatic carbocycles. The Hall–Kier alpha value is -3.06. The number of ketones is 2. The summed E-state index contributed by atoms with van der Waals surface area (Å²) in [6.07, 6.45) is 3.99. The second kappa shape index (κ2) is 10.7. The van der Waals surface area contributed by atoms with E-state index in [1.54, 1.807) is 47.6 Å². The first-order valence-corrected chi connectivity index (χ1v) is 11.5. The molecule has 1 N–H and O–H groups in total. The van der Waals surface area contributed by atoms with E-state index in [1.165, 1.54) is 4.90 Å². The highest BCUT2D eigenvalue weighted by atomic mass is 16.5. The molecule has 2 atom stereocenters. The molecule has 2 unspecified atom stereocenters. The minimum atomic E-state index is -1.08. The fraction of sp³-hybridized carbons (Fsp3) is 0.462. The monoisotopic (exact) mass is 452 g/mol. The number of Topliss-reactive ketones (excluding diaryl/α,β-unsaturated/α-hetero) is 2. The topological polar surface area (TPSA) is 81.0 Å². The highest BCUT2D eigenvalue weighted by Crippen LogP contribution is 2.38. The predicted molar refractivity (Wildman–Crippen MR) is 125 cm³/mol. The van der Waals surface area contributed by atoms with Crippen LogP contribution in [0.2, 0.25) is 0 Å². The first kappa shape index (κ1) is 24.6. The third-order valence-electron chi connectivity index (χ3n) is 5.84. The zero-order chi connectivity index (χ0) is 24.1. The van der Waals surface area contributed by atoms with Crippen LogP contribution in [0.3, 0.4) is 0 Å². The van der Waals surface area contributed by atoms with Crippen molar-refractivity contribution in [2.24, 2.45) is 11.8 Å². The number of aromatic nitrogens is 1. The Morgan fingerprint density at radius 3 is 2.45 bits per heavy atom. The molecule has 3 rings (SSSR count). The largest absolute Gasteiger partial charge is 0.493 e. The van der Waals surface area contributed by atoms with Crippen LogP contribution in [0.15, 0.2) is 42.7 Å². The molecule has 0 spiro atoms. The fourth-order valence-electron chi connectivity index (χ4n) is 4.16. The maximum atomic E-state index is 13.6. The molecule has 7 heteroatoms. The molecule has 1 aromatic carbocycles. The van der Waals surface area contributed by atoms with Crippen molar-refractivity contribution >= 4 is 17.5 Å². The van der Waals surface area contributed by atoms with Gasteiger partial charge in [0.25, 0.3) is 5.91 Å². The van der Waals surface area contributed by atoms with Crippen LogP contribution in [-0.4, -0.2) is 61.1 Å². The number of nitrogens with one attached hydrogen (secondary N) is 1. The Bertz CT molecular complexity index is 1000. The summed E-state index contributed by atoms with van der Waals surface area (Å²) in [6.45, 7) is 7.88. The summed E-state index contributed by atoms with van der Waals surface area (Å²) in [5.74, 6) is -1.54. The Balaban J connectivity index is 1.92. The van der Waals surface area contributed by atoms with E-state index in [9.17, 15) is 14.4 Å². The molecule has 1 aromatic heterocycles. The summed E-state index contributed by atoms with van der Waals surface area (Å²) in [5.41, 5.74) is 1.98. The number of likely N-dealkylation sites (tertiary alicyclic amines) is 1. The lowest BCUT2D eigenvalue weighted by atomic mass is 9.86. The van der Waals surface area contributed by atoms with Gasteiger partial charge in [-0.05, 0) is 54.3 Å². The smallest absolute Gasteiger partial charge is 0.291 e. The molecule has 0 radical (unpaired) electrons. The van der Waals surface area contributed by atoms with Crippen LogP contribution in [0.1, 0.15) is 47.8 Å². The summed E-state index contributed by atoms with van der Waals surface area (Å²) < 4.78 is 5.82. The fourth-order valence-corrected chi connectivity index (χ4v) is 4.16. The molecule has 1 aliphatic rings. The number of hydrogen-bond acceptors (Lipinski definition) is 5. The summed E-state index contributed by atoms with van der Waals surface area (Å²) in [7, 11) is 4.08. The van der Waals surface area contributed by atoms with Crippen LogP contribution in [-0.2, 0) is 9.59 Å². The Kier molecular flexibility index (Phi) is 7.97. The van der Waals surface area contributed by atoms with E-state index < -0.39 is 23.7 Å². The van der Waals surface area contributed by atoms with E-state index in [-0.39, 0.29) is 5.78 Å². The maximum absolute atomic E-state index is 13.6. The standard InChI is InChI=1S/C26H33N3O4/c1-17(2)16-33-21-8-7-20(15-18(21)3)24(30)22-23(19-9-11-27-12-10-19)29(26(32)25(22)31)14-6-13-28(4)5/h7-12,15,17,22-23H,6,13-14,16H2,1-5H3/p+1.